The first-order chi connectivity index (χ1) is 11.5. The molecule has 124 valence electrons. The van der Waals surface area contributed by atoms with Crippen LogP contribution in [-0.4, -0.2) is 16.1 Å². The molecule has 24 heavy (non-hydrogen) atoms. The molecule has 4 nitrogen and oxygen atoms in total. The second-order valence-corrected chi connectivity index (χ2v) is 6.92. The molecule has 1 N–H and O–H groups in total. The highest BCUT2D eigenvalue weighted by Crippen LogP contribution is 2.28. The van der Waals surface area contributed by atoms with E-state index < -0.39 is 0 Å². The molecule has 0 aliphatic carbocycles. The maximum atomic E-state index is 12.9. The molecular formula is C17H14ClFN2O2S. The number of fused-ring (bicyclic) bond motifs is 1. The van der Waals surface area contributed by atoms with Gasteiger partial charge in [0, 0.05) is 17.6 Å². The van der Waals surface area contributed by atoms with Crippen LogP contribution in [0.4, 0.5) is 4.39 Å². The fourth-order valence-corrected chi connectivity index (χ4v) is 3.01. The second kappa shape index (κ2) is 7.23. The van der Waals surface area contributed by atoms with Crippen molar-refractivity contribution in [2.45, 2.75) is 23.9 Å². The van der Waals surface area contributed by atoms with Crippen molar-refractivity contribution in [3.63, 3.8) is 0 Å². The van der Waals surface area contributed by atoms with E-state index in [-0.39, 0.29) is 17.0 Å². The van der Waals surface area contributed by atoms with Gasteiger partial charge in [0.25, 0.3) is 5.22 Å². The summed E-state index contributed by atoms with van der Waals surface area (Å²) in [7, 11) is 0. The summed E-state index contributed by atoms with van der Waals surface area (Å²) in [6.45, 7) is 2.11. The van der Waals surface area contributed by atoms with Gasteiger partial charge in [0.15, 0.2) is 5.58 Å². The fourth-order valence-electron chi connectivity index (χ4n) is 2.07. The van der Waals surface area contributed by atoms with Gasteiger partial charge in [-0.3, -0.25) is 4.79 Å². The van der Waals surface area contributed by atoms with Gasteiger partial charge >= 0.3 is 0 Å². The zero-order chi connectivity index (χ0) is 17.1. The fraction of sp³-hybridized carbons (Fsp3) is 0.176. The number of nitrogens with zero attached hydrogens (tertiary/aromatic N) is 1. The van der Waals surface area contributed by atoms with Crippen molar-refractivity contribution >= 4 is 40.4 Å². The first-order valence-corrected chi connectivity index (χ1v) is 8.52. The molecule has 3 aromatic rings. The van der Waals surface area contributed by atoms with Gasteiger partial charge in [0.2, 0.25) is 5.91 Å². The molecule has 0 spiro atoms. The van der Waals surface area contributed by atoms with Crippen LogP contribution in [0.15, 0.2) is 52.1 Å². The van der Waals surface area contributed by atoms with Gasteiger partial charge in [-0.2, -0.15) is 0 Å². The predicted octanol–water partition coefficient (Wildman–Crippen LogP) is 4.42. The molecule has 1 atom stereocenters. The van der Waals surface area contributed by atoms with Crippen LogP contribution in [0, 0.1) is 5.82 Å². The number of aromatic nitrogens is 1. The second-order valence-electron chi connectivity index (χ2n) is 5.20. The summed E-state index contributed by atoms with van der Waals surface area (Å²) in [6.07, 6.45) is 0. The Morgan fingerprint density at radius 1 is 1.33 bits per heavy atom. The van der Waals surface area contributed by atoms with Gasteiger partial charge in [-0.05, 0) is 36.8 Å². The Bertz CT molecular complexity index is 867. The maximum Gasteiger partial charge on any atom is 0.257 e. The van der Waals surface area contributed by atoms with Gasteiger partial charge in [0.1, 0.15) is 11.3 Å². The molecule has 0 unspecified atom stereocenters. The van der Waals surface area contributed by atoms with Crippen LogP contribution in [0.3, 0.4) is 0 Å². The lowest BCUT2D eigenvalue weighted by Gasteiger charge is -2.10. The van der Waals surface area contributed by atoms with E-state index in [9.17, 15) is 9.18 Å². The smallest absolute Gasteiger partial charge is 0.257 e. The van der Waals surface area contributed by atoms with E-state index in [0.717, 1.165) is 5.56 Å². The maximum absolute atomic E-state index is 12.9. The summed E-state index contributed by atoms with van der Waals surface area (Å²) >= 11 is 7.14. The summed E-state index contributed by atoms with van der Waals surface area (Å²) in [5.74, 6) is -0.449. The average molecular weight is 365 g/mol. The molecular weight excluding hydrogens is 351 g/mol. The standard InChI is InChI=1S/C17H14ClFN2O2S/c1-10(16(22)20-9-11-2-5-13(19)6-3-11)24-17-21-14-7-4-12(18)8-15(14)23-17/h2-8,10H,9H2,1H3,(H,20,22)/t10-/m0/s1. The molecule has 1 aromatic heterocycles. The molecule has 1 heterocycles. The summed E-state index contributed by atoms with van der Waals surface area (Å²) in [5.41, 5.74) is 2.11. The molecule has 0 radical (unpaired) electrons. The molecule has 0 aliphatic heterocycles. The minimum absolute atomic E-state index is 0.149. The molecule has 0 aliphatic rings. The SMILES string of the molecule is C[C@H](Sc1nc2ccc(Cl)cc2o1)C(=O)NCc1ccc(F)cc1. The lowest BCUT2D eigenvalue weighted by molar-refractivity contribution is -0.120. The number of carbonyl (C=O) groups is 1. The molecule has 3 rings (SSSR count). The molecule has 1 amide bonds. The summed E-state index contributed by atoms with van der Waals surface area (Å²) in [6, 6.07) is 11.2. The average Bonchev–Trinajstić information content (AvgIpc) is 2.95. The van der Waals surface area contributed by atoms with Crippen molar-refractivity contribution in [2.24, 2.45) is 0 Å². The van der Waals surface area contributed by atoms with Gasteiger partial charge < -0.3 is 9.73 Å². The third-order valence-electron chi connectivity index (χ3n) is 3.36. The Balaban J connectivity index is 1.59. The first-order valence-electron chi connectivity index (χ1n) is 7.26. The van der Waals surface area contributed by atoms with Gasteiger partial charge in [-0.1, -0.05) is 35.5 Å². The van der Waals surface area contributed by atoms with E-state index in [1.54, 1.807) is 37.3 Å². The predicted molar refractivity (Wildman–Crippen MR) is 92.6 cm³/mol. The molecule has 0 bridgehead atoms. The van der Waals surface area contributed by atoms with Crippen LogP contribution >= 0.6 is 23.4 Å². The highest BCUT2D eigenvalue weighted by molar-refractivity contribution is 8.00. The van der Waals surface area contributed by atoms with Crippen LogP contribution < -0.4 is 5.32 Å². The van der Waals surface area contributed by atoms with Crippen molar-refractivity contribution in [1.82, 2.24) is 10.3 Å². The third kappa shape index (κ3) is 4.07. The Hall–Kier alpha value is -2.05. The Kier molecular flexibility index (Phi) is 5.06. The minimum Gasteiger partial charge on any atom is -0.431 e. The van der Waals surface area contributed by atoms with Crippen LogP contribution in [-0.2, 0) is 11.3 Å². The zero-order valence-electron chi connectivity index (χ0n) is 12.8. The van der Waals surface area contributed by atoms with Crippen molar-refractivity contribution in [2.75, 3.05) is 0 Å². The number of halogens is 2. The number of nitrogens with one attached hydrogen (secondary N) is 1. The number of hydrogen-bond donors (Lipinski definition) is 1. The van der Waals surface area contributed by atoms with Gasteiger partial charge in [-0.15, -0.1) is 0 Å². The Morgan fingerprint density at radius 2 is 2.08 bits per heavy atom. The largest absolute Gasteiger partial charge is 0.431 e. The van der Waals surface area contributed by atoms with Crippen molar-refractivity contribution in [3.05, 3.63) is 58.9 Å². The highest BCUT2D eigenvalue weighted by atomic mass is 35.5. The number of hydrogen-bond acceptors (Lipinski definition) is 4. The van der Waals surface area contributed by atoms with E-state index in [1.807, 2.05) is 0 Å². The quantitative estimate of drug-likeness (QED) is 0.681. The van der Waals surface area contributed by atoms with Crippen LogP contribution in [0.5, 0.6) is 0 Å². The summed E-state index contributed by atoms with van der Waals surface area (Å²) < 4.78 is 18.4. The first kappa shape index (κ1) is 16.8. The molecule has 2 aromatic carbocycles. The van der Waals surface area contributed by atoms with E-state index in [4.69, 9.17) is 16.0 Å². The number of oxazole rings is 1. The van der Waals surface area contributed by atoms with E-state index >= 15 is 0 Å². The molecule has 0 saturated heterocycles. The molecule has 0 fully saturated rings. The van der Waals surface area contributed by atoms with Crippen molar-refractivity contribution < 1.29 is 13.6 Å². The Morgan fingerprint density at radius 3 is 2.83 bits per heavy atom. The minimum atomic E-state index is -0.381. The van der Waals surface area contributed by atoms with E-state index in [1.165, 1.54) is 23.9 Å². The van der Waals surface area contributed by atoms with E-state index in [0.29, 0.717) is 27.9 Å². The summed E-state index contributed by atoms with van der Waals surface area (Å²) in [5, 5.41) is 3.41. The van der Waals surface area contributed by atoms with Gasteiger partial charge in [0.05, 0.1) is 5.25 Å². The highest BCUT2D eigenvalue weighted by Gasteiger charge is 2.18. The van der Waals surface area contributed by atoms with Crippen LogP contribution in [0.2, 0.25) is 5.02 Å². The molecule has 0 saturated carbocycles. The number of rotatable bonds is 5. The Labute approximate surface area is 147 Å². The lowest BCUT2D eigenvalue weighted by atomic mass is 10.2. The monoisotopic (exact) mass is 364 g/mol. The van der Waals surface area contributed by atoms with Crippen molar-refractivity contribution in [3.8, 4) is 0 Å². The van der Waals surface area contributed by atoms with Crippen LogP contribution in [0.25, 0.3) is 11.1 Å². The number of benzene rings is 2. The third-order valence-corrected chi connectivity index (χ3v) is 4.54. The number of amides is 1. The number of thioether (sulfide) groups is 1. The lowest BCUT2D eigenvalue weighted by Crippen LogP contribution is -2.30. The van der Waals surface area contributed by atoms with Crippen molar-refractivity contribution in [1.29, 1.82) is 0 Å². The molecule has 7 heteroatoms. The number of carbonyl (C=O) groups excluding carboxylic acids is 1. The zero-order valence-corrected chi connectivity index (χ0v) is 14.3. The van der Waals surface area contributed by atoms with Crippen LogP contribution in [0.1, 0.15) is 12.5 Å². The van der Waals surface area contributed by atoms with Gasteiger partial charge in [-0.25, -0.2) is 9.37 Å². The normalized spacial score (nSPS) is 12.3. The van der Waals surface area contributed by atoms with E-state index in [2.05, 4.69) is 10.3 Å². The topological polar surface area (TPSA) is 55.1 Å². The summed E-state index contributed by atoms with van der Waals surface area (Å²) in [4.78, 5) is 16.5.